The van der Waals surface area contributed by atoms with Crippen LogP contribution in [0.3, 0.4) is 0 Å². The highest BCUT2D eigenvalue weighted by Gasteiger charge is 2.41. The molecule has 174 valence electrons. The van der Waals surface area contributed by atoms with Gasteiger partial charge in [-0.15, -0.1) is 0 Å². The summed E-state index contributed by atoms with van der Waals surface area (Å²) in [7, 11) is 0. The van der Waals surface area contributed by atoms with E-state index >= 15 is 0 Å². The fourth-order valence-electron chi connectivity index (χ4n) is 4.67. The number of hydrogen-bond acceptors (Lipinski definition) is 4. The largest absolute Gasteiger partial charge is 0.328 e. The Labute approximate surface area is 182 Å². The van der Waals surface area contributed by atoms with Gasteiger partial charge in [0.25, 0.3) is 5.97 Å². The van der Waals surface area contributed by atoms with Gasteiger partial charge in [-0.05, 0) is 72.5 Å². The van der Waals surface area contributed by atoms with Crippen molar-refractivity contribution < 1.29 is 14.2 Å². The van der Waals surface area contributed by atoms with Gasteiger partial charge in [-0.2, -0.15) is 0 Å². The Morgan fingerprint density at radius 2 is 1.17 bits per heavy atom. The lowest BCUT2D eigenvalue weighted by Gasteiger charge is -2.39. The Bertz CT molecular complexity index is 339. The van der Waals surface area contributed by atoms with E-state index in [-0.39, 0.29) is 0 Å². The minimum absolute atomic E-state index is 0.306. The second kappa shape index (κ2) is 17.5. The average Bonchev–Trinajstić information content (AvgIpc) is 2.98. The van der Waals surface area contributed by atoms with Gasteiger partial charge in [0.2, 0.25) is 0 Å². The standard InChI is InChI=1S/C25H51NO3/c1-5-9-10-11-12-15-19-24(25(27-6-2,28-7-3)29-8-4)20-18-23-26-21-16-13-14-17-22-26/h24H,5-23H2,1-4H3. The van der Waals surface area contributed by atoms with Crippen molar-refractivity contribution in [2.45, 2.75) is 117 Å². The molecule has 1 aliphatic heterocycles. The van der Waals surface area contributed by atoms with Crippen molar-refractivity contribution in [1.82, 2.24) is 4.90 Å². The first kappa shape index (κ1) is 26.9. The van der Waals surface area contributed by atoms with Crippen LogP contribution in [0.2, 0.25) is 0 Å². The van der Waals surface area contributed by atoms with Crippen LogP contribution in [0.4, 0.5) is 0 Å². The summed E-state index contributed by atoms with van der Waals surface area (Å²) in [6.45, 7) is 14.0. The molecular weight excluding hydrogens is 362 g/mol. The normalized spacial score (nSPS) is 17.4. The van der Waals surface area contributed by atoms with Gasteiger partial charge in [0, 0.05) is 25.7 Å². The molecule has 0 aromatic carbocycles. The Kier molecular flexibility index (Phi) is 16.2. The first-order valence-electron chi connectivity index (χ1n) is 12.9. The summed E-state index contributed by atoms with van der Waals surface area (Å²) in [4.78, 5) is 2.67. The Balaban J connectivity index is 2.65. The molecule has 1 atom stereocenters. The summed E-state index contributed by atoms with van der Waals surface area (Å²) in [6, 6.07) is 0. The molecule has 1 heterocycles. The van der Waals surface area contributed by atoms with Gasteiger partial charge in [-0.1, -0.05) is 58.3 Å². The van der Waals surface area contributed by atoms with E-state index in [0.29, 0.717) is 25.7 Å². The van der Waals surface area contributed by atoms with Crippen molar-refractivity contribution in [3.05, 3.63) is 0 Å². The molecule has 1 saturated heterocycles. The predicted octanol–water partition coefficient (Wildman–Crippen LogP) is 6.77. The predicted molar refractivity (Wildman–Crippen MR) is 123 cm³/mol. The first-order valence-corrected chi connectivity index (χ1v) is 12.9. The molecule has 4 nitrogen and oxygen atoms in total. The van der Waals surface area contributed by atoms with Gasteiger partial charge in [-0.3, -0.25) is 0 Å². The highest BCUT2D eigenvalue weighted by Crippen LogP contribution is 2.34. The van der Waals surface area contributed by atoms with E-state index in [9.17, 15) is 0 Å². The molecule has 0 bridgehead atoms. The molecule has 4 heteroatoms. The third-order valence-electron chi connectivity index (χ3n) is 6.17. The lowest BCUT2D eigenvalue weighted by atomic mass is 9.92. The molecule has 0 radical (unpaired) electrons. The maximum absolute atomic E-state index is 6.17. The second-order valence-corrected chi connectivity index (χ2v) is 8.55. The van der Waals surface area contributed by atoms with E-state index in [1.165, 1.54) is 90.3 Å². The van der Waals surface area contributed by atoms with Crippen molar-refractivity contribution in [2.24, 2.45) is 5.92 Å². The Morgan fingerprint density at radius 3 is 1.72 bits per heavy atom. The average molecular weight is 414 g/mol. The van der Waals surface area contributed by atoms with E-state index in [0.717, 1.165) is 12.8 Å². The van der Waals surface area contributed by atoms with Crippen LogP contribution in [-0.4, -0.2) is 50.3 Å². The van der Waals surface area contributed by atoms with E-state index in [1.807, 2.05) is 20.8 Å². The molecule has 1 aliphatic rings. The van der Waals surface area contributed by atoms with Gasteiger partial charge >= 0.3 is 0 Å². The van der Waals surface area contributed by atoms with Gasteiger partial charge in [0.15, 0.2) is 0 Å². The number of unbranched alkanes of at least 4 members (excludes halogenated alkanes) is 5. The third-order valence-corrected chi connectivity index (χ3v) is 6.17. The highest BCUT2D eigenvalue weighted by atomic mass is 16.9. The van der Waals surface area contributed by atoms with Crippen LogP contribution in [0.15, 0.2) is 0 Å². The molecule has 1 unspecified atom stereocenters. The summed E-state index contributed by atoms with van der Waals surface area (Å²) in [5, 5.41) is 0. The van der Waals surface area contributed by atoms with E-state index in [2.05, 4.69) is 11.8 Å². The summed E-state index contributed by atoms with van der Waals surface area (Å²) in [5.74, 6) is -0.555. The second-order valence-electron chi connectivity index (χ2n) is 8.55. The first-order chi connectivity index (χ1) is 14.2. The molecule has 29 heavy (non-hydrogen) atoms. The van der Waals surface area contributed by atoms with Crippen molar-refractivity contribution in [2.75, 3.05) is 39.5 Å². The van der Waals surface area contributed by atoms with Crippen LogP contribution >= 0.6 is 0 Å². The number of likely N-dealkylation sites (tertiary alicyclic amines) is 1. The lowest BCUT2D eigenvalue weighted by Crippen LogP contribution is -2.47. The summed E-state index contributed by atoms with van der Waals surface area (Å²) in [5.41, 5.74) is 0. The van der Waals surface area contributed by atoms with Crippen LogP contribution < -0.4 is 0 Å². The van der Waals surface area contributed by atoms with Gasteiger partial charge in [-0.25, -0.2) is 0 Å². The van der Waals surface area contributed by atoms with Crippen molar-refractivity contribution in [3.63, 3.8) is 0 Å². The molecule has 0 saturated carbocycles. The Morgan fingerprint density at radius 1 is 0.655 bits per heavy atom. The van der Waals surface area contributed by atoms with Gasteiger partial charge in [0.1, 0.15) is 0 Å². The van der Waals surface area contributed by atoms with E-state index < -0.39 is 5.97 Å². The molecule has 0 aliphatic carbocycles. The molecule has 0 aromatic rings. The molecule has 0 spiro atoms. The monoisotopic (exact) mass is 413 g/mol. The number of hydrogen-bond donors (Lipinski definition) is 0. The minimum Gasteiger partial charge on any atom is -0.328 e. The van der Waals surface area contributed by atoms with Crippen LogP contribution in [0.5, 0.6) is 0 Å². The molecule has 0 N–H and O–H groups in total. The van der Waals surface area contributed by atoms with E-state index in [1.54, 1.807) is 0 Å². The Hall–Kier alpha value is -0.160. The summed E-state index contributed by atoms with van der Waals surface area (Å²) < 4.78 is 18.5. The van der Waals surface area contributed by atoms with Crippen molar-refractivity contribution >= 4 is 0 Å². The summed E-state index contributed by atoms with van der Waals surface area (Å²) >= 11 is 0. The van der Waals surface area contributed by atoms with Gasteiger partial charge < -0.3 is 19.1 Å². The lowest BCUT2D eigenvalue weighted by molar-refractivity contribution is -0.403. The van der Waals surface area contributed by atoms with E-state index in [4.69, 9.17) is 14.2 Å². The minimum atomic E-state index is -0.861. The molecule has 1 rings (SSSR count). The smallest absolute Gasteiger partial charge is 0.285 e. The quantitative estimate of drug-likeness (QED) is 0.183. The highest BCUT2D eigenvalue weighted by molar-refractivity contribution is 4.74. The molecule has 0 amide bonds. The summed E-state index contributed by atoms with van der Waals surface area (Å²) in [6.07, 6.45) is 16.9. The molecule has 0 aromatic heterocycles. The number of nitrogens with zero attached hydrogens (tertiary/aromatic N) is 1. The number of rotatable bonds is 18. The fraction of sp³-hybridized carbons (Fsp3) is 1.00. The van der Waals surface area contributed by atoms with Crippen LogP contribution in [-0.2, 0) is 14.2 Å². The maximum Gasteiger partial charge on any atom is 0.285 e. The zero-order valence-electron chi connectivity index (χ0n) is 20.2. The van der Waals surface area contributed by atoms with Crippen LogP contribution in [0.1, 0.15) is 111 Å². The van der Waals surface area contributed by atoms with Crippen LogP contribution in [0.25, 0.3) is 0 Å². The van der Waals surface area contributed by atoms with Crippen LogP contribution in [0, 0.1) is 5.92 Å². The van der Waals surface area contributed by atoms with Crippen molar-refractivity contribution in [3.8, 4) is 0 Å². The molecular formula is C25H51NO3. The fourth-order valence-corrected chi connectivity index (χ4v) is 4.67. The molecule has 1 fully saturated rings. The maximum atomic E-state index is 6.17. The number of ether oxygens (including phenoxy) is 3. The zero-order valence-corrected chi connectivity index (χ0v) is 20.2. The van der Waals surface area contributed by atoms with Gasteiger partial charge in [0.05, 0.1) is 0 Å². The van der Waals surface area contributed by atoms with Crippen molar-refractivity contribution in [1.29, 1.82) is 0 Å². The topological polar surface area (TPSA) is 30.9 Å². The zero-order chi connectivity index (χ0) is 21.2. The third kappa shape index (κ3) is 11.1. The SMILES string of the molecule is CCCCCCCCC(CCCN1CCCCCC1)C(OCC)(OCC)OCC.